The van der Waals surface area contributed by atoms with Crippen LogP contribution < -0.4 is 10.1 Å². The van der Waals surface area contributed by atoms with E-state index in [9.17, 15) is 5.11 Å². The van der Waals surface area contributed by atoms with Gasteiger partial charge in [0.2, 0.25) is 0 Å². The molecule has 3 heteroatoms. The van der Waals surface area contributed by atoms with Crippen LogP contribution in [0.2, 0.25) is 0 Å². The van der Waals surface area contributed by atoms with Gasteiger partial charge in [-0.2, -0.15) is 0 Å². The second-order valence-electron chi connectivity index (χ2n) is 6.58. The van der Waals surface area contributed by atoms with Crippen molar-refractivity contribution in [1.29, 1.82) is 0 Å². The van der Waals surface area contributed by atoms with Gasteiger partial charge in [-0.1, -0.05) is 25.8 Å². The smallest absolute Gasteiger partial charge is 0.119 e. The van der Waals surface area contributed by atoms with Gasteiger partial charge in [0.15, 0.2) is 0 Å². The number of nitrogens with one attached hydrogen (secondary N) is 1. The number of hydrogen-bond donors (Lipinski definition) is 2. The zero-order valence-electron chi connectivity index (χ0n) is 13.0. The monoisotopic (exact) mass is 289 g/mol. The molecule has 0 spiro atoms. The fourth-order valence-electron chi connectivity index (χ4n) is 3.72. The average Bonchev–Trinajstić information content (AvgIpc) is 2.93. The summed E-state index contributed by atoms with van der Waals surface area (Å²) in [7, 11) is 0. The van der Waals surface area contributed by atoms with Crippen molar-refractivity contribution in [2.24, 2.45) is 0 Å². The van der Waals surface area contributed by atoms with Crippen LogP contribution in [0.4, 0.5) is 0 Å². The van der Waals surface area contributed by atoms with E-state index >= 15 is 0 Å². The van der Waals surface area contributed by atoms with Gasteiger partial charge in [0.05, 0.1) is 5.60 Å². The fourth-order valence-corrected chi connectivity index (χ4v) is 3.72. The Balaban J connectivity index is 1.70. The Morgan fingerprint density at radius 2 is 2.10 bits per heavy atom. The van der Waals surface area contributed by atoms with Gasteiger partial charge in [0.1, 0.15) is 12.4 Å². The van der Waals surface area contributed by atoms with E-state index in [0.717, 1.165) is 38.0 Å². The molecule has 0 radical (unpaired) electrons. The number of ether oxygens (including phenoxy) is 1. The van der Waals surface area contributed by atoms with Crippen LogP contribution in [0.15, 0.2) is 18.2 Å². The molecule has 1 saturated carbocycles. The Bertz CT molecular complexity index is 480. The second-order valence-corrected chi connectivity index (χ2v) is 6.58. The number of fused-ring (bicyclic) bond motifs is 1. The molecule has 0 bridgehead atoms. The summed E-state index contributed by atoms with van der Waals surface area (Å²) in [6, 6.07) is 6.90. The van der Waals surface area contributed by atoms with Gasteiger partial charge < -0.3 is 15.2 Å². The predicted molar refractivity (Wildman–Crippen MR) is 84.7 cm³/mol. The minimum atomic E-state index is -0.600. The Hall–Kier alpha value is -1.06. The maximum absolute atomic E-state index is 10.4. The lowest BCUT2D eigenvalue weighted by atomic mass is 9.87. The van der Waals surface area contributed by atoms with Crippen molar-refractivity contribution in [1.82, 2.24) is 5.32 Å². The van der Waals surface area contributed by atoms with Gasteiger partial charge >= 0.3 is 0 Å². The molecule has 116 valence electrons. The standard InChI is InChI=1S/C18H27NO2/c1-2-19-17-7-5-6-14-8-9-15(12-16(14)17)21-13-18(20)10-3-4-11-18/h8-9,12,17,19-20H,2-7,10-11,13H2,1H3. The number of aryl methyl sites for hydroxylation is 1. The first-order valence-corrected chi connectivity index (χ1v) is 8.41. The zero-order chi connectivity index (χ0) is 14.7. The van der Waals surface area contributed by atoms with Gasteiger partial charge in [-0.25, -0.2) is 0 Å². The van der Waals surface area contributed by atoms with Crippen LogP contribution in [0, 0.1) is 0 Å². The summed E-state index contributed by atoms with van der Waals surface area (Å²) in [6.45, 7) is 3.58. The molecule has 1 fully saturated rings. The third kappa shape index (κ3) is 3.41. The van der Waals surface area contributed by atoms with Crippen LogP contribution in [0.5, 0.6) is 5.75 Å². The molecule has 1 aromatic carbocycles. The van der Waals surface area contributed by atoms with Gasteiger partial charge in [0, 0.05) is 6.04 Å². The van der Waals surface area contributed by atoms with Crippen molar-refractivity contribution < 1.29 is 9.84 Å². The summed E-state index contributed by atoms with van der Waals surface area (Å²) in [6.07, 6.45) is 7.61. The first-order chi connectivity index (χ1) is 10.2. The maximum atomic E-state index is 10.4. The molecule has 3 nitrogen and oxygen atoms in total. The zero-order valence-corrected chi connectivity index (χ0v) is 13.0. The highest BCUT2D eigenvalue weighted by molar-refractivity contribution is 5.39. The average molecular weight is 289 g/mol. The van der Waals surface area contributed by atoms with E-state index < -0.39 is 5.60 Å². The maximum Gasteiger partial charge on any atom is 0.119 e. The molecular formula is C18H27NO2. The molecule has 2 aliphatic rings. The van der Waals surface area contributed by atoms with E-state index in [1.807, 2.05) is 0 Å². The van der Waals surface area contributed by atoms with E-state index in [1.54, 1.807) is 0 Å². The summed E-state index contributed by atoms with van der Waals surface area (Å²) in [4.78, 5) is 0. The van der Waals surface area contributed by atoms with Gasteiger partial charge in [-0.05, 0) is 61.9 Å². The molecule has 0 heterocycles. The minimum absolute atomic E-state index is 0.428. The number of hydrogen-bond acceptors (Lipinski definition) is 3. The molecule has 1 atom stereocenters. The summed E-state index contributed by atoms with van der Waals surface area (Å²) in [5.74, 6) is 0.902. The van der Waals surface area contributed by atoms with E-state index in [-0.39, 0.29) is 0 Å². The lowest BCUT2D eigenvalue weighted by Crippen LogP contribution is -2.32. The predicted octanol–water partition coefficient (Wildman–Crippen LogP) is 3.36. The van der Waals surface area contributed by atoms with E-state index in [0.29, 0.717) is 12.6 Å². The largest absolute Gasteiger partial charge is 0.491 e. The second kappa shape index (κ2) is 6.37. The minimum Gasteiger partial charge on any atom is -0.491 e. The first kappa shape index (κ1) is 14.9. The molecule has 0 aromatic heterocycles. The summed E-state index contributed by atoms with van der Waals surface area (Å²) >= 11 is 0. The highest BCUT2D eigenvalue weighted by Gasteiger charge is 2.32. The number of rotatable bonds is 5. The van der Waals surface area contributed by atoms with Gasteiger partial charge in [-0.3, -0.25) is 0 Å². The molecule has 3 rings (SSSR count). The lowest BCUT2D eigenvalue weighted by Gasteiger charge is -2.27. The molecule has 21 heavy (non-hydrogen) atoms. The van der Waals surface area contributed by atoms with Gasteiger partial charge in [-0.15, -0.1) is 0 Å². The molecular weight excluding hydrogens is 262 g/mol. The molecule has 1 unspecified atom stereocenters. The summed E-state index contributed by atoms with van der Waals surface area (Å²) < 4.78 is 5.91. The van der Waals surface area contributed by atoms with E-state index in [4.69, 9.17) is 4.74 Å². The molecule has 0 aliphatic heterocycles. The Kier molecular flexibility index (Phi) is 4.51. The Labute approximate surface area is 127 Å². The quantitative estimate of drug-likeness (QED) is 0.873. The molecule has 0 saturated heterocycles. The van der Waals surface area contributed by atoms with E-state index in [2.05, 4.69) is 30.4 Å². The molecule has 2 aliphatic carbocycles. The normalized spacial score (nSPS) is 23.8. The Morgan fingerprint density at radius 1 is 1.29 bits per heavy atom. The van der Waals surface area contributed by atoms with Crippen molar-refractivity contribution in [2.45, 2.75) is 63.5 Å². The van der Waals surface area contributed by atoms with Crippen molar-refractivity contribution in [3.63, 3.8) is 0 Å². The van der Waals surface area contributed by atoms with Crippen LogP contribution in [-0.2, 0) is 6.42 Å². The first-order valence-electron chi connectivity index (χ1n) is 8.41. The van der Waals surface area contributed by atoms with E-state index in [1.165, 1.54) is 30.4 Å². The number of aliphatic hydroxyl groups is 1. The van der Waals surface area contributed by atoms with Crippen LogP contribution >= 0.6 is 0 Å². The summed E-state index contributed by atoms with van der Waals surface area (Å²) in [5.41, 5.74) is 2.23. The van der Waals surface area contributed by atoms with Crippen LogP contribution in [-0.4, -0.2) is 23.9 Å². The lowest BCUT2D eigenvalue weighted by molar-refractivity contribution is 0.00136. The van der Waals surface area contributed by atoms with Crippen molar-refractivity contribution >= 4 is 0 Å². The molecule has 1 aromatic rings. The van der Waals surface area contributed by atoms with Crippen molar-refractivity contribution in [3.05, 3.63) is 29.3 Å². The van der Waals surface area contributed by atoms with Gasteiger partial charge in [0.25, 0.3) is 0 Å². The van der Waals surface area contributed by atoms with Crippen molar-refractivity contribution in [2.75, 3.05) is 13.2 Å². The van der Waals surface area contributed by atoms with Crippen LogP contribution in [0.25, 0.3) is 0 Å². The SMILES string of the molecule is CCNC1CCCc2ccc(OCC3(O)CCCC3)cc21. The fraction of sp³-hybridized carbons (Fsp3) is 0.667. The van der Waals surface area contributed by atoms with Crippen LogP contribution in [0.3, 0.4) is 0 Å². The molecule has 0 amide bonds. The third-order valence-corrected chi connectivity index (χ3v) is 4.92. The topological polar surface area (TPSA) is 41.5 Å². The molecule has 2 N–H and O–H groups in total. The highest BCUT2D eigenvalue weighted by Crippen LogP contribution is 2.34. The van der Waals surface area contributed by atoms with Crippen molar-refractivity contribution in [3.8, 4) is 5.75 Å². The number of benzene rings is 1. The van der Waals surface area contributed by atoms with Crippen LogP contribution in [0.1, 0.15) is 62.6 Å². The Morgan fingerprint density at radius 3 is 2.86 bits per heavy atom. The highest BCUT2D eigenvalue weighted by atomic mass is 16.5. The third-order valence-electron chi connectivity index (χ3n) is 4.92. The summed E-state index contributed by atoms with van der Waals surface area (Å²) in [5, 5.41) is 14.0.